The molecule has 1 rings (SSSR count). The number of rotatable bonds is 3. The second-order valence-corrected chi connectivity index (χ2v) is 4.85. The summed E-state index contributed by atoms with van der Waals surface area (Å²) in [5.41, 5.74) is 3.09. The summed E-state index contributed by atoms with van der Waals surface area (Å²) in [6.07, 6.45) is -4.31. The van der Waals surface area contributed by atoms with Crippen LogP contribution in [0.25, 0.3) is 0 Å². The second-order valence-electron chi connectivity index (χ2n) is 4.41. The summed E-state index contributed by atoms with van der Waals surface area (Å²) in [6.45, 7) is 3.12. The van der Waals surface area contributed by atoms with Gasteiger partial charge in [-0.25, -0.2) is 0 Å². The van der Waals surface area contributed by atoms with Crippen LogP contribution >= 0.6 is 11.6 Å². The molecule has 3 nitrogen and oxygen atoms in total. The van der Waals surface area contributed by atoms with Gasteiger partial charge in [-0.2, -0.15) is 13.2 Å². The van der Waals surface area contributed by atoms with Gasteiger partial charge in [-0.3, -0.25) is 4.79 Å². The van der Waals surface area contributed by atoms with E-state index in [1.807, 2.05) is 0 Å². The van der Waals surface area contributed by atoms with Crippen LogP contribution in [0, 0.1) is 0 Å². The van der Waals surface area contributed by atoms with Crippen molar-refractivity contribution in [2.45, 2.75) is 32.0 Å². The summed E-state index contributed by atoms with van der Waals surface area (Å²) in [5, 5.41) is 2.13. The van der Waals surface area contributed by atoms with E-state index in [9.17, 15) is 18.0 Å². The first-order valence-corrected chi connectivity index (χ1v) is 5.93. The van der Waals surface area contributed by atoms with Crippen LogP contribution < -0.4 is 11.1 Å². The Kier molecular flexibility index (Phi) is 4.47. The molecule has 106 valence electrons. The van der Waals surface area contributed by atoms with Crippen molar-refractivity contribution in [3.8, 4) is 0 Å². The standard InChI is InChI=1S/C12H14ClF3N2O/c1-3-11(2,17)10(19)18-9-5-4-7(13)6-8(9)12(14,15)16/h4-6H,3,17H2,1-2H3,(H,18,19). The number of anilines is 1. The van der Waals surface area contributed by atoms with Crippen molar-refractivity contribution in [1.82, 2.24) is 0 Å². The summed E-state index contributed by atoms with van der Waals surface area (Å²) in [7, 11) is 0. The van der Waals surface area contributed by atoms with Gasteiger partial charge in [-0.15, -0.1) is 0 Å². The molecule has 1 amide bonds. The lowest BCUT2D eigenvalue weighted by Crippen LogP contribution is -2.48. The maximum atomic E-state index is 12.8. The lowest BCUT2D eigenvalue weighted by Gasteiger charge is -2.23. The molecule has 0 heterocycles. The molecule has 1 atom stereocenters. The second kappa shape index (κ2) is 5.38. The van der Waals surface area contributed by atoms with Gasteiger partial charge in [0.25, 0.3) is 0 Å². The molecule has 0 saturated heterocycles. The van der Waals surface area contributed by atoms with Crippen molar-refractivity contribution < 1.29 is 18.0 Å². The summed E-state index contributed by atoms with van der Waals surface area (Å²) >= 11 is 5.54. The molecule has 0 aliphatic carbocycles. The predicted octanol–water partition coefficient (Wildman–Crippen LogP) is 3.42. The van der Waals surface area contributed by atoms with Crippen molar-refractivity contribution in [2.75, 3.05) is 5.32 Å². The average molecular weight is 295 g/mol. The molecule has 0 aromatic heterocycles. The first-order chi connectivity index (χ1) is 8.58. The zero-order chi connectivity index (χ0) is 14.8. The van der Waals surface area contributed by atoms with E-state index in [4.69, 9.17) is 17.3 Å². The molecule has 0 spiro atoms. The van der Waals surface area contributed by atoms with E-state index in [1.54, 1.807) is 6.92 Å². The molecule has 0 radical (unpaired) electrons. The smallest absolute Gasteiger partial charge is 0.324 e. The highest BCUT2D eigenvalue weighted by Crippen LogP contribution is 2.36. The molecular formula is C12H14ClF3N2O. The summed E-state index contributed by atoms with van der Waals surface area (Å²) < 4.78 is 38.4. The number of amides is 1. The van der Waals surface area contributed by atoms with Crippen molar-refractivity contribution in [1.29, 1.82) is 0 Å². The molecule has 7 heteroatoms. The minimum Gasteiger partial charge on any atom is -0.324 e. The number of nitrogens with two attached hydrogens (primary N) is 1. The summed E-state index contributed by atoms with van der Waals surface area (Å²) in [5.74, 6) is -0.678. The fraction of sp³-hybridized carbons (Fsp3) is 0.417. The number of carbonyl (C=O) groups excluding carboxylic acids is 1. The number of carbonyl (C=O) groups is 1. The molecule has 0 aliphatic rings. The van der Waals surface area contributed by atoms with Gasteiger partial charge in [-0.05, 0) is 31.5 Å². The van der Waals surface area contributed by atoms with Gasteiger partial charge in [0.2, 0.25) is 5.91 Å². The van der Waals surface area contributed by atoms with Gasteiger partial charge in [0, 0.05) is 5.02 Å². The highest BCUT2D eigenvalue weighted by molar-refractivity contribution is 6.30. The van der Waals surface area contributed by atoms with Crippen LogP contribution in [0.15, 0.2) is 18.2 Å². The highest BCUT2D eigenvalue weighted by atomic mass is 35.5. The number of halogens is 4. The SMILES string of the molecule is CCC(C)(N)C(=O)Nc1ccc(Cl)cc1C(F)(F)F. The fourth-order valence-electron chi connectivity index (χ4n) is 1.29. The number of nitrogens with one attached hydrogen (secondary N) is 1. The quantitative estimate of drug-likeness (QED) is 0.897. The molecule has 1 unspecified atom stereocenters. The molecule has 0 fully saturated rings. The highest BCUT2D eigenvalue weighted by Gasteiger charge is 2.35. The van der Waals surface area contributed by atoms with Crippen molar-refractivity contribution in [2.24, 2.45) is 5.73 Å². The average Bonchev–Trinajstić information content (AvgIpc) is 2.30. The predicted molar refractivity (Wildman–Crippen MR) is 68.0 cm³/mol. The third kappa shape index (κ3) is 3.84. The normalized spacial score (nSPS) is 14.9. The maximum Gasteiger partial charge on any atom is 0.418 e. The Balaban J connectivity index is 3.12. The van der Waals surface area contributed by atoms with E-state index >= 15 is 0 Å². The lowest BCUT2D eigenvalue weighted by molar-refractivity contribution is -0.137. The first-order valence-electron chi connectivity index (χ1n) is 5.55. The number of hydrogen-bond donors (Lipinski definition) is 2. The maximum absolute atomic E-state index is 12.8. The molecule has 19 heavy (non-hydrogen) atoms. The number of alkyl halides is 3. The molecule has 0 aliphatic heterocycles. The van der Waals surface area contributed by atoms with E-state index in [0.29, 0.717) is 6.42 Å². The minimum absolute atomic E-state index is 0.0590. The zero-order valence-corrected chi connectivity index (χ0v) is 11.2. The summed E-state index contributed by atoms with van der Waals surface area (Å²) in [6, 6.07) is 3.14. The minimum atomic E-state index is -4.61. The molecule has 1 aromatic carbocycles. The van der Waals surface area contributed by atoms with E-state index < -0.39 is 23.2 Å². The molecule has 0 saturated carbocycles. The third-order valence-electron chi connectivity index (χ3n) is 2.79. The van der Waals surface area contributed by atoms with E-state index in [0.717, 1.165) is 12.1 Å². The van der Waals surface area contributed by atoms with Crippen molar-refractivity contribution in [3.05, 3.63) is 28.8 Å². The Morgan fingerprint density at radius 1 is 1.42 bits per heavy atom. The monoisotopic (exact) mass is 294 g/mol. The first kappa shape index (κ1) is 15.8. The van der Waals surface area contributed by atoms with Crippen LogP contribution in [0.2, 0.25) is 5.02 Å². The number of benzene rings is 1. The van der Waals surface area contributed by atoms with Crippen LogP contribution in [-0.4, -0.2) is 11.4 Å². The van der Waals surface area contributed by atoms with Crippen LogP contribution in [0.1, 0.15) is 25.8 Å². The van der Waals surface area contributed by atoms with Crippen molar-refractivity contribution in [3.63, 3.8) is 0 Å². The molecule has 0 bridgehead atoms. The molecular weight excluding hydrogens is 281 g/mol. The molecule has 1 aromatic rings. The topological polar surface area (TPSA) is 55.1 Å². The van der Waals surface area contributed by atoms with Crippen LogP contribution in [0.3, 0.4) is 0 Å². The van der Waals surface area contributed by atoms with Gasteiger partial charge < -0.3 is 11.1 Å². The zero-order valence-electron chi connectivity index (χ0n) is 10.4. The van der Waals surface area contributed by atoms with Crippen LogP contribution in [-0.2, 0) is 11.0 Å². The Labute approximate surface area is 113 Å². The Hall–Kier alpha value is -1.27. The van der Waals surface area contributed by atoms with Gasteiger partial charge in [0.15, 0.2) is 0 Å². The van der Waals surface area contributed by atoms with E-state index in [1.165, 1.54) is 13.0 Å². The van der Waals surface area contributed by atoms with Gasteiger partial charge in [0.05, 0.1) is 16.8 Å². The third-order valence-corrected chi connectivity index (χ3v) is 3.02. The Bertz CT molecular complexity index is 486. The van der Waals surface area contributed by atoms with E-state index in [-0.39, 0.29) is 10.7 Å². The van der Waals surface area contributed by atoms with Crippen LogP contribution in [0.4, 0.5) is 18.9 Å². The number of hydrogen-bond acceptors (Lipinski definition) is 2. The Morgan fingerprint density at radius 3 is 2.47 bits per heavy atom. The van der Waals surface area contributed by atoms with Crippen LogP contribution in [0.5, 0.6) is 0 Å². The van der Waals surface area contributed by atoms with Gasteiger partial charge >= 0.3 is 6.18 Å². The molecule has 3 N–H and O–H groups in total. The summed E-state index contributed by atoms with van der Waals surface area (Å²) in [4.78, 5) is 11.8. The largest absolute Gasteiger partial charge is 0.418 e. The van der Waals surface area contributed by atoms with E-state index in [2.05, 4.69) is 5.32 Å². The van der Waals surface area contributed by atoms with Gasteiger partial charge in [0.1, 0.15) is 0 Å². The van der Waals surface area contributed by atoms with Gasteiger partial charge in [-0.1, -0.05) is 18.5 Å². The fourth-order valence-corrected chi connectivity index (χ4v) is 1.46. The van der Waals surface area contributed by atoms with Crippen molar-refractivity contribution >= 4 is 23.2 Å². The lowest BCUT2D eigenvalue weighted by atomic mass is 9.99. The Morgan fingerprint density at radius 2 is 2.00 bits per heavy atom.